The van der Waals surface area contributed by atoms with Crippen LogP contribution >= 0.6 is 12.4 Å². The number of hydrogen-bond donors (Lipinski definition) is 0. The van der Waals surface area contributed by atoms with E-state index in [0.29, 0.717) is 13.2 Å². The van der Waals surface area contributed by atoms with Gasteiger partial charge in [0.05, 0.1) is 13.2 Å². The van der Waals surface area contributed by atoms with Gasteiger partial charge in [-0.1, -0.05) is 47.5 Å². The molecule has 0 radical (unpaired) electrons. The summed E-state index contributed by atoms with van der Waals surface area (Å²) in [7, 11) is 0. The Morgan fingerprint density at radius 2 is 1.59 bits per heavy atom. The molecule has 0 saturated heterocycles. The largest absolute Gasteiger partial charge is 0.479 e. The molecule has 0 aromatic heterocycles. The average Bonchev–Trinajstić information content (AvgIpc) is 2.56. The highest BCUT2D eigenvalue weighted by Crippen LogP contribution is 2.38. The number of benzene rings is 1. The standard InChI is InChI=1S/C22H33NO3.ClH/c1-6-8-12-25-20-15-17-14-18(24)10-11-19(17)21(26-13-9-7-2)23(20)16-22(3,4)5;/h10-11,14-15H,6-9,12-13,16H2,1-5H3;1H. The van der Waals surface area contributed by atoms with Gasteiger partial charge >= 0.3 is 0 Å². The van der Waals surface area contributed by atoms with E-state index in [4.69, 9.17) is 9.47 Å². The van der Waals surface area contributed by atoms with Crippen molar-refractivity contribution in [2.24, 2.45) is 5.41 Å². The topological polar surface area (TPSA) is 40.5 Å². The van der Waals surface area contributed by atoms with Crippen LogP contribution in [0, 0.1) is 5.41 Å². The van der Waals surface area contributed by atoms with Gasteiger partial charge in [-0.25, -0.2) is 0 Å². The van der Waals surface area contributed by atoms with E-state index in [1.165, 1.54) is 0 Å². The molecule has 0 aromatic rings. The maximum Gasteiger partial charge on any atom is 0.204 e. The highest BCUT2D eigenvalue weighted by atomic mass is 35.5. The van der Waals surface area contributed by atoms with Gasteiger partial charge in [-0.3, -0.25) is 9.36 Å². The summed E-state index contributed by atoms with van der Waals surface area (Å²) in [5.41, 5.74) is 1.92. The quantitative estimate of drug-likeness (QED) is 0.505. The van der Waals surface area contributed by atoms with Crippen molar-refractivity contribution in [3.63, 3.8) is 0 Å². The number of pyridine rings is 1. The minimum atomic E-state index is 0. The van der Waals surface area contributed by atoms with Gasteiger partial charge in [0.2, 0.25) is 5.88 Å². The van der Waals surface area contributed by atoms with E-state index >= 15 is 0 Å². The molecule has 1 aliphatic carbocycles. The van der Waals surface area contributed by atoms with Gasteiger partial charge in [0.25, 0.3) is 0 Å². The number of rotatable bonds is 9. The van der Waals surface area contributed by atoms with Crippen molar-refractivity contribution in [3.8, 4) is 22.9 Å². The molecule has 1 heterocycles. The van der Waals surface area contributed by atoms with Crippen LogP contribution < -0.4 is 14.9 Å². The van der Waals surface area contributed by atoms with Crippen LogP contribution in [0.5, 0.6) is 11.8 Å². The molecule has 0 unspecified atom stereocenters. The molecule has 152 valence electrons. The SMILES string of the molecule is CCCCOc1cc2cc(=O)ccc-2c(OCCCC)n1CC(C)(C)C.Cl. The highest BCUT2D eigenvalue weighted by Gasteiger charge is 2.22. The number of aromatic nitrogens is 1. The van der Waals surface area contributed by atoms with Crippen molar-refractivity contribution < 1.29 is 9.47 Å². The Kier molecular flexibility index (Phi) is 9.17. The molecule has 0 fully saturated rings. The van der Waals surface area contributed by atoms with Gasteiger partial charge in [-0.2, -0.15) is 0 Å². The minimum absolute atomic E-state index is 0. The van der Waals surface area contributed by atoms with Crippen LogP contribution in [0.25, 0.3) is 11.1 Å². The van der Waals surface area contributed by atoms with E-state index in [1.807, 2.05) is 12.1 Å². The van der Waals surface area contributed by atoms with Crippen LogP contribution in [0.2, 0.25) is 0 Å². The number of unbranched alkanes of at least 4 members (excludes halogenated alkanes) is 2. The molecule has 2 rings (SSSR count). The highest BCUT2D eigenvalue weighted by molar-refractivity contribution is 5.85. The Morgan fingerprint density at radius 1 is 0.963 bits per heavy atom. The summed E-state index contributed by atoms with van der Waals surface area (Å²) in [6, 6.07) is 7.11. The summed E-state index contributed by atoms with van der Waals surface area (Å²) in [6.45, 7) is 13.0. The summed E-state index contributed by atoms with van der Waals surface area (Å²) in [5.74, 6) is 1.58. The number of fused-ring (bicyclic) bond motifs is 1. The van der Waals surface area contributed by atoms with Crippen LogP contribution in [-0.4, -0.2) is 17.8 Å². The Balaban J connectivity index is 0.00000364. The fourth-order valence-electron chi connectivity index (χ4n) is 2.84. The van der Waals surface area contributed by atoms with Gasteiger partial charge in [-0.05, 0) is 42.0 Å². The normalized spacial score (nSPS) is 11.3. The molecule has 0 saturated carbocycles. The average molecular weight is 396 g/mol. The summed E-state index contributed by atoms with van der Waals surface area (Å²) in [6.07, 6.45) is 4.16. The number of hydrogen-bond acceptors (Lipinski definition) is 3. The first kappa shape index (κ1) is 23.4. The lowest BCUT2D eigenvalue weighted by atomic mass is 9.96. The third-order valence-corrected chi connectivity index (χ3v) is 4.16. The molecule has 27 heavy (non-hydrogen) atoms. The van der Waals surface area contributed by atoms with Gasteiger partial charge < -0.3 is 9.47 Å². The maximum atomic E-state index is 11.9. The first-order valence-electron chi connectivity index (χ1n) is 9.79. The first-order valence-corrected chi connectivity index (χ1v) is 9.79. The van der Waals surface area contributed by atoms with Crippen molar-refractivity contribution in [1.29, 1.82) is 0 Å². The second kappa shape index (κ2) is 10.6. The van der Waals surface area contributed by atoms with Crippen molar-refractivity contribution in [3.05, 3.63) is 34.5 Å². The first-order chi connectivity index (χ1) is 12.4. The summed E-state index contributed by atoms with van der Waals surface area (Å²) >= 11 is 0. The lowest BCUT2D eigenvalue weighted by Crippen LogP contribution is -2.21. The van der Waals surface area contributed by atoms with E-state index < -0.39 is 0 Å². The molecule has 0 bridgehead atoms. The lowest BCUT2D eigenvalue weighted by Gasteiger charge is -2.28. The van der Waals surface area contributed by atoms with Crippen LogP contribution in [0.3, 0.4) is 0 Å². The Labute approximate surface area is 169 Å². The predicted molar refractivity (Wildman–Crippen MR) is 115 cm³/mol. The maximum absolute atomic E-state index is 11.9. The number of halogens is 1. The van der Waals surface area contributed by atoms with Crippen molar-refractivity contribution in [2.75, 3.05) is 13.2 Å². The predicted octanol–water partition coefficient (Wildman–Crippen LogP) is 5.78. The molecule has 0 spiro atoms. The van der Waals surface area contributed by atoms with Gasteiger partial charge in [0, 0.05) is 18.2 Å². The molecular weight excluding hydrogens is 362 g/mol. The van der Waals surface area contributed by atoms with Gasteiger partial charge in [-0.15, -0.1) is 12.4 Å². The zero-order valence-electron chi connectivity index (χ0n) is 17.3. The summed E-state index contributed by atoms with van der Waals surface area (Å²) < 4.78 is 14.4. The van der Waals surface area contributed by atoms with E-state index in [9.17, 15) is 4.79 Å². The van der Waals surface area contributed by atoms with Crippen molar-refractivity contribution in [2.45, 2.75) is 66.8 Å². The Bertz CT molecular complexity index is 734. The Hall–Kier alpha value is -1.68. The summed E-state index contributed by atoms with van der Waals surface area (Å²) in [4.78, 5) is 11.9. The van der Waals surface area contributed by atoms with Gasteiger partial charge in [0.15, 0.2) is 11.3 Å². The zero-order valence-corrected chi connectivity index (χ0v) is 18.2. The van der Waals surface area contributed by atoms with E-state index in [0.717, 1.165) is 55.1 Å². The molecule has 1 aliphatic heterocycles. The molecule has 0 amide bonds. The molecule has 5 heteroatoms. The third-order valence-electron chi connectivity index (χ3n) is 4.16. The van der Waals surface area contributed by atoms with Crippen LogP contribution in [0.15, 0.2) is 29.1 Å². The molecule has 4 nitrogen and oxygen atoms in total. The lowest BCUT2D eigenvalue weighted by molar-refractivity contribution is 0.220. The molecule has 0 atom stereocenters. The Morgan fingerprint density at radius 3 is 2.19 bits per heavy atom. The van der Waals surface area contributed by atoms with Crippen molar-refractivity contribution >= 4 is 12.4 Å². The molecule has 2 aliphatic rings. The number of ether oxygens (including phenoxy) is 2. The molecule has 0 aromatic carbocycles. The minimum Gasteiger partial charge on any atom is -0.479 e. The van der Waals surface area contributed by atoms with Crippen molar-refractivity contribution in [1.82, 2.24) is 4.57 Å². The second-order valence-electron chi connectivity index (χ2n) is 8.09. The van der Waals surface area contributed by atoms with Crippen LogP contribution in [0.4, 0.5) is 0 Å². The second-order valence-corrected chi connectivity index (χ2v) is 8.09. The summed E-state index contributed by atoms with van der Waals surface area (Å²) in [5, 5.41) is 0. The smallest absolute Gasteiger partial charge is 0.204 e. The van der Waals surface area contributed by atoms with E-state index in [1.54, 1.807) is 12.1 Å². The van der Waals surface area contributed by atoms with Crippen LogP contribution in [0.1, 0.15) is 60.3 Å². The fraction of sp³-hybridized carbons (Fsp3) is 0.591. The van der Waals surface area contributed by atoms with Crippen LogP contribution in [-0.2, 0) is 6.54 Å². The van der Waals surface area contributed by atoms with Gasteiger partial charge in [0.1, 0.15) is 0 Å². The van der Waals surface area contributed by atoms with E-state index in [-0.39, 0.29) is 23.3 Å². The van der Waals surface area contributed by atoms with E-state index in [2.05, 4.69) is 39.2 Å². The third kappa shape index (κ3) is 6.76. The molecule has 0 N–H and O–H groups in total. The number of nitrogens with zero attached hydrogens (tertiary/aromatic N) is 1. The zero-order chi connectivity index (χ0) is 19.2. The fourth-order valence-corrected chi connectivity index (χ4v) is 2.84. The monoisotopic (exact) mass is 395 g/mol. The molecular formula is C22H34ClNO3.